The summed E-state index contributed by atoms with van der Waals surface area (Å²) >= 11 is 0. The van der Waals surface area contributed by atoms with Crippen molar-refractivity contribution in [2.45, 2.75) is 20.8 Å². The first kappa shape index (κ1) is 11.4. The first-order chi connectivity index (χ1) is 5.74. The molecule has 3 heteroatoms. The van der Waals surface area contributed by atoms with Crippen LogP contribution >= 0.6 is 0 Å². The van der Waals surface area contributed by atoms with Crippen LogP contribution in [0.1, 0.15) is 20.8 Å². The molecule has 0 spiro atoms. The van der Waals surface area contributed by atoms with Crippen LogP contribution in [-0.4, -0.2) is 44.0 Å². The molecule has 72 valence electrons. The zero-order valence-corrected chi connectivity index (χ0v) is 8.72. The number of nitrogens with one attached hydrogen (secondary N) is 1. The second kappa shape index (κ2) is 7.10. The molecule has 0 saturated carbocycles. The monoisotopic (exact) mass is 171 g/mol. The molecule has 0 aromatic carbocycles. The van der Waals surface area contributed by atoms with Gasteiger partial charge in [-0.1, -0.05) is 13.8 Å². The summed E-state index contributed by atoms with van der Waals surface area (Å²) in [5, 5.41) is 3.24. The average molecular weight is 171 g/mol. The summed E-state index contributed by atoms with van der Waals surface area (Å²) in [4.78, 5) is 6.41. The molecular formula is C9H21N3. The van der Waals surface area contributed by atoms with Gasteiger partial charge in [0.1, 0.15) is 0 Å². The van der Waals surface area contributed by atoms with Crippen LogP contribution < -0.4 is 5.32 Å². The van der Waals surface area contributed by atoms with Crippen molar-refractivity contribution in [3.63, 3.8) is 0 Å². The zero-order chi connectivity index (χ0) is 9.40. The molecule has 1 N–H and O–H groups in total. The minimum atomic E-state index is 0.991. The van der Waals surface area contributed by atoms with Gasteiger partial charge in [-0.2, -0.15) is 0 Å². The van der Waals surface area contributed by atoms with Gasteiger partial charge in [0.2, 0.25) is 0 Å². The lowest BCUT2D eigenvalue weighted by molar-refractivity contribution is 0.308. The maximum atomic E-state index is 4.02. The van der Waals surface area contributed by atoms with Crippen LogP contribution in [0.25, 0.3) is 0 Å². The maximum Gasteiger partial charge on any atom is 0.0928 e. The molecule has 0 fully saturated rings. The van der Waals surface area contributed by atoms with Gasteiger partial charge in [0.25, 0.3) is 0 Å². The lowest BCUT2D eigenvalue weighted by Crippen LogP contribution is -2.33. The Hall–Kier alpha value is -0.570. The molecule has 0 aliphatic rings. The van der Waals surface area contributed by atoms with Crippen LogP contribution in [-0.2, 0) is 0 Å². The summed E-state index contributed by atoms with van der Waals surface area (Å²) in [6.45, 7) is 10.7. The number of amidine groups is 1. The SMILES string of the molecule is CCN(CC)CCNC(C)=NC. The van der Waals surface area contributed by atoms with E-state index in [1.165, 1.54) is 0 Å². The predicted molar refractivity (Wildman–Crippen MR) is 54.8 cm³/mol. The number of rotatable bonds is 5. The van der Waals surface area contributed by atoms with Crippen LogP contribution in [0.4, 0.5) is 0 Å². The molecule has 0 aromatic heterocycles. The van der Waals surface area contributed by atoms with E-state index in [0.29, 0.717) is 0 Å². The van der Waals surface area contributed by atoms with E-state index in [2.05, 4.69) is 29.1 Å². The standard InChI is InChI=1S/C9H21N3/c1-5-12(6-2)8-7-11-9(3)10-4/h5-8H2,1-4H3,(H,10,11). The van der Waals surface area contributed by atoms with Crippen molar-refractivity contribution in [2.24, 2.45) is 4.99 Å². The largest absolute Gasteiger partial charge is 0.373 e. The van der Waals surface area contributed by atoms with Crippen molar-refractivity contribution in [1.82, 2.24) is 10.2 Å². The average Bonchev–Trinajstić information content (AvgIpc) is 2.12. The van der Waals surface area contributed by atoms with Gasteiger partial charge in [0, 0.05) is 20.1 Å². The first-order valence-corrected chi connectivity index (χ1v) is 4.64. The molecule has 0 radical (unpaired) electrons. The molecule has 0 aromatic rings. The van der Waals surface area contributed by atoms with E-state index in [4.69, 9.17) is 0 Å². The fourth-order valence-electron chi connectivity index (χ4n) is 1.01. The zero-order valence-electron chi connectivity index (χ0n) is 8.72. The van der Waals surface area contributed by atoms with Gasteiger partial charge in [-0.3, -0.25) is 4.99 Å². The van der Waals surface area contributed by atoms with Gasteiger partial charge in [-0.15, -0.1) is 0 Å². The van der Waals surface area contributed by atoms with E-state index in [-0.39, 0.29) is 0 Å². The Kier molecular flexibility index (Phi) is 6.76. The van der Waals surface area contributed by atoms with Gasteiger partial charge < -0.3 is 10.2 Å². The van der Waals surface area contributed by atoms with E-state index in [0.717, 1.165) is 32.0 Å². The number of nitrogens with zero attached hydrogens (tertiary/aromatic N) is 2. The molecular weight excluding hydrogens is 150 g/mol. The van der Waals surface area contributed by atoms with Crippen molar-refractivity contribution in [1.29, 1.82) is 0 Å². The number of likely N-dealkylation sites (N-methyl/N-ethyl adjacent to an activating group) is 1. The highest BCUT2D eigenvalue weighted by molar-refractivity contribution is 5.79. The minimum absolute atomic E-state index is 0.991. The minimum Gasteiger partial charge on any atom is -0.373 e. The van der Waals surface area contributed by atoms with E-state index >= 15 is 0 Å². The quantitative estimate of drug-likeness (QED) is 0.493. The molecule has 12 heavy (non-hydrogen) atoms. The van der Waals surface area contributed by atoms with Crippen LogP contribution in [0, 0.1) is 0 Å². The maximum absolute atomic E-state index is 4.02. The number of hydrogen-bond acceptors (Lipinski definition) is 2. The summed E-state index contributed by atoms with van der Waals surface area (Å²) in [6, 6.07) is 0. The highest BCUT2D eigenvalue weighted by Crippen LogP contribution is 1.83. The van der Waals surface area contributed by atoms with E-state index in [1.807, 2.05) is 6.92 Å². The molecule has 0 amide bonds. The van der Waals surface area contributed by atoms with Crippen LogP contribution in [0.5, 0.6) is 0 Å². The highest BCUT2D eigenvalue weighted by atomic mass is 15.1. The molecule has 0 heterocycles. The van der Waals surface area contributed by atoms with Crippen molar-refractivity contribution in [3.05, 3.63) is 0 Å². The third kappa shape index (κ3) is 5.13. The molecule has 0 unspecified atom stereocenters. The normalized spacial score (nSPS) is 12.2. The van der Waals surface area contributed by atoms with Gasteiger partial charge in [0.05, 0.1) is 5.84 Å². The number of hydrogen-bond donors (Lipinski definition) is 1. The van der Waals surface area contributed by atoms with Crippen LogP contribution in [0.2, 0.25) is 0 Å². The Morgan fingerprint density at radius 1 is 1.33 bits per heavy atom. The Morgan fingerprint density at radius 3 is 2.33 bits per heavy atom. The summed E-state index contributed by atoms with van der Waals surface area (Å²) in [6.07, 6.45) is 0. The molecule has 0 bridgehead atoms. The second-order valence-electron chi connectivity index (χ2n) is 2.76. The van der Waals surface area contributed by atoms with Crippen molar-refractivity contribution in [2.75, 3.05) is 33.2 Å². The molecule has 0 aliphatic heterocycles. The summed E-state index contributed by atoms with van der Waals surface area (Å²) in [5.74, 6) is 1.02. The van der Waals surface area contributed by atoms with Crippen molar-refractivity contribution >= 4 is 5.84 Å². The fraction of sp³-hybridized carbons (Fsp3) is 0.889. The first-order valence-electron chi connectivity index (χ1n) is 4.64. The van der Waals surface area contributed by atoms with Gasteiger partial charge in [-0.05, 0) is 20.0 Å². The lowest BCUT2D eigenvalue weighted by atomic mass is 10.4. The molecule has 0 saturated heterocycles. The fourth-order valence-corrected chi connectivity index (χ4v) is 1.01. The Labute approximate surface area is 75.9 Å². The smallest absolute Gasteiger partial charge is 0.0928 e. The number of aliphatic imine (C=N–C) groups is 1. The topological polar surface area (TPSA) is 27.6 Å². The third-order valence-electron chi connectivity index (χ3n) is 2.04. The second-order valence-corrected chi connectivity index (χ2v) is 2.76. The van der Waals surface area contributed by atoms with E-state index in [9.17, 15) is 0 Å². The molecule has 0 rings (SSSR count). The van der Waals surface area contributed by atoms with Crippen molar-refractivity contribution < 1.29 is 0 Å². The Bertz CT molecular complexity index is 128. The van der Waals surface area contributed by atoms with Gasteiger partial charge in [0.15, 0.2) is 0 Å². The van der Waals surface area contributed by atoms with Gasteiger partial charge in [-0.25, -0.2) is 0 Å². The molecule has 0 atom stereocenters. The lowest BCUT2D eigenvalue weighted by Gasteiger charge is -2.18. The summed E-state index contributed by atoms with van der Waals surface area (Å²) in [5.41, 5.74) is 0. The van der Waals surface area contributed by atoms with Gasteiger partial charge >= 0.3 is 0 Å². The highest BCUT2D eigenvalue weighted by Gasteiger charge is 1.96. The predicted octanol–water partition coefficient (Wildman–Crippen LogP) is 0.966. The van der Waals surface area contributed by atoms with Crippen molar-refractivity contribution in [3.8, 4) is 0 Å². The van der Waals surface area contributed by atoms with Crippen LogP contribution in [0.3, 0.4) is 0 Å². The summed E-state index contributed by atoms with van der Waals surface area (Å²) < 4.78 is 0. The Balaban J connectivity index is 3.41. The van der Waals surface area contributed by atoms with E-state index in [1.54, 1.807) is 7.05 Å². The summed E-state index contributed by atoms with van der Waals surface area (Å²) in [7, 11) is 1.81. The van der Waals surface area contributed by atoms with Crippen LogP contribution in [0.15, 0.2) is 4.99 Å². The Morgan fingerprint density at radius 2 is 1.92 bits per heavy atom. The van der Waals surface area contributed by atoms with E-state index < -0.39 is 0 Å². The molecule has 0 aliphatic carbocycles. The molecule has 3 nitrogen and oxygen atoms in total. The third-order valence-corrected chi connectivity index (χ3v) is 2.04.